The lowest BCUT2D eigenvalue weighted by atomic mass is 10.2. The van der Waals surface area contributed by atoms with Gasteiger partial charge in [-0.05, 0) is 38.5 Å². The van der Waals surface area contributed by atoms with Crippen molar-refractivity contribution < 1.29 is 0 Å². The Hall–Kier alpha value is -1.68. The third-order valence-corrected chi connectivity index (χ3v) is 3.59. The van der Waals surface area contributed by atoms with Gasteiger partial charge in [0, 0.05) is 11.1 Å². The lowest BCUT2D eigenvalue weighted by Crippen LogP contribution is -1.94. The van der Waals surface area contributed by atoms with Crippen molar-refractivity contribution in [2.24, 2.45) is 0 Å². The third-order valence-electron chi connectivity index (χ3n) is 2.82. The van der Waals surface area contributed by atoms with Crippen LogP contribution in [0.25, 0.3) is 17.0 Å². The summed E-state index contributed by atoms with van der Waals surface area (Å²) in [6, 6.07) is 4.26. The molecule has 0 N–H and O–H groups in total. The van der Waals surface area contributed by atoms with E-state index in [1.54, 1.807) is 11.3 Å². The van der Waals surface area contributed by atoms with Crippen LogP contribution in [0.2, 0.25) is 0 Å². The van der Waals surface area contributed by atoms with Crippen molar-refractivity contribution >= 4 is 17.0 Å². The van der Waals surface area contributed by atoms with E-state index in [9.17, 15) is 0 Å². The smallest absolute Gasteiger partial charge is 0.137 e. The second kappa shape index (κ2) is 3.67. The molecular weight excluding hydrogens is 230 g/mol. The lowest BCUT2D eigenvalue weighted by Gasteiger charge is -2.04. The molecule has 3 nitrogen and oxygen atoms in total. The Kier molecular flexibility index (Phi) is 2.26. The first kappa shape index (κ1) is 10.5. The zero-order valence-electron chi connectivity index (χ0n) is 10.1. The van der Waals surface area contributed by atoms with E-state index in [4.69, 9.17) is 0 Å². The fourth-order valence-electron chi connectivity index (χ4n) is 2.14. The van der Waals surface area contributed by atoms with Gasteiger partial charge in [0.1, 0.15) is 5.65 Å². The predicted octanol–water partition coefficient (Wildman–Crippen LogP) is 3.38. The Morgan fingerprint density at radius 3 is 2.71 bits per heavy atom. The molecular formula is C13H13N3S. The molecule has 3 rings (SSSR count). The minimum Gasteiger partial charge on any atom is -0.295 e. The zero-order valence-corrected chi connectivity index (χ0v) is 10.9. The summed E-state index contributed by atoms with van der Waals surface area (Å²) >= 11 is 1.67. The fourth-order valence-corrected chi connectivity index (χ4v) is 2.75. The highest BCUT2D eigenvalue weighted by molar-refractivity contribution is 7.09. The van der Waals surface area contributed by atoms with Crippen LogP contribution in [-0.2, 0) is 0 Å². The van der Waals surface area contributed by atoms with Gasteiger partial charge in [-0.3, -0.25) is 4.40 Å². The Balaban J connectivity index is 2.31. The third kappa shape index (κ3) is 1.65. The Morgan fingerprint density at radius 2 is 2.00 bits per heavy atom. The van der Waals surface area contributed by atoms with Crippen LogP contribution < -0.4 is 0 Å². The number of pyridine rings is 1. The maximum absolute atomic E-state index is 4.52. The molecule has 0 radical (unpaired) electrons. The first-order valence-corrected chi connectivity index (χ1v) is 6.40. The molecule has 0 amide bonds. The Morgan fingerprint density at radius 1 is 1.18 bits per heavy atom. The van der Waals surface area contributed by atoms with Crippen LogP contribution in [0.1, 0.15) is 16.3 Å². The number of rotatable bonds is 1. The highest BCUT2D eigenvalue weighted by Crippen LogP contribution is 2.24. The minimum atomic E-state index is 0.989. The topological polar surface area (TPSA) is 30.2 Å². The molecule has 3 heterocycles. The van der Waals surface area contributed by atoms with E-state index < -0.39 is 0 Å². The molecule has 0 aliphatic carbocycles. The first-order valence-electron chi connectivity index (χ1n) is 5.52. The number of imidazole rings is 1. The number of aromatic nitrogens is 3. The van der Waals surface area contributed by atoms with Gasteiger partial charge in [0.2, 0.25) is 0 Å². The van der Waals surface area contributed by atoms with Gasteiger partial charge in [0.15, 0.2) is 0 Å². The van der Waals surface area contributed by atoms with Gasteiger partial charge in [-0.15, -0.1) is 11.3 Å². The van der Waals surface area contributed by atoms with E-state index in [0.717, 1.165) is 22.0 Å². The molecule has 0 bridgehead atoms. The maximum atomic E-state index is 4.52. The summed E-state index contributed by atoms with van der Waals surface area (Å²) in [6.07, 6.45) is 1.90. The summed E-state index contributed by atoms with van der Waals surface area (Å²) in [5.41, 5.74) is 5.50. The number of hydrogen-bond donors (Lipinski definition) is 0. The second-order valence-corrected chi connectivity index (χ2v) is 5.33. The van der Waals surface area contributed by atoms with Gasteiger partial charge in [0.05, 0.1) is 22.6 Å². The molecule has 0 aliphatic rings. The molecule has 0 saturated heterocycles. The summed E-state index contributed by atoms with van der Waals surface area (Å²) < 4.78 is 2.15. The molecule has 0 spiro atoms. The maximum Gasteiger partial charge on any atom is 0.137 e. The lowest BCUT2D eigenvalue weighted by molar-refractivity contribution is 1.08. The largest absolute Gasteiger partial charge is 0.295 e. The van der Waals surface area contributed by atoms with E-state index in [1.807, 2.05) is 13.1 Å². The monoisotopic (exact) mass is 243 g/mol. The van der Waals surface area contributed by atoms with E-state index in [-0.39, 0.29) is 0 Å². The molecule has 0 saturated carbocycles. The number of aryl methyl sites for hydroxylation is 3. The van der Waals surface area contributed by atoms with E-state index in [0.29, 0.717) is 0 Å². The number of thiazole rings is 1. The van der Waals surface area contributed by atoms with Crippen LogP contribution in [0, 0.1) is 20.8 Å². The van der Waals surface area contributed by atoms with Gasteiger partial charge >= 0.3 is 0 Å². The highest BCUT2D eigenvalue weighted by atomic mass is 32.1. The average Bonchev–Trinajstić information content (AvgIpc) is 2.83. The van der Waals surface area contributed by atoms with Crippen molar-refractivity contribution in [2.45, 2.75) is 20.8 Å². The molecule has 0 aliphatic heterocycles. The summed E-state index contributed by atoms with van der Waals surface area (Å²) in [5.74, 6) is 0. The number of fused-ring (bicyclic) bond motifs is 1. The van der Waals surface area contributed by atoms with Crippen molar-refractivity contribution in [3.8, 4) is 11.4 Å². The number of nitrogens with zero attached hydrogens (tertiary/aromatic N) is 3. The van der Waals surface area contributed by atoms with Gasteiger partial charge in [-0.1, -0.05) is 0 Å². The van der Waals surface area contributed by atoms with Crippen molar-refractivity contribution in [3.63, 3.8) is 0 Å². The fraction of sp³-hybridized carbons (Fsp3) is 0.231. The van der Waals surface area contributed by atoms with Gasteiger partial charge in [-0.25, -0.2) is 9.97 Å². The standard InChI is InChI=1S/C13H13N3S/c1-8-4-9(2)16-12(6-14-13(16)5-8)11-7-17-10(3)15-11/h4-7H,1-3H3. The SMILES string of the molecule is Cc1cc(C)n2c(-c3csc(C)n3)cnc2c1. The van der Waals surface area contributed by atoms with Crippen LogP contribution in [0.3, 0.4) is 0 Å². The van der Waals surface area contributed by atoms with Crippen molar-refractivity contribution in [3.05, 3.63) is 40.0 Å². The van der Waals surface area contributed by atoms with Crippen molar-refractivity contribution in [1.82, 2.24) is 14.4 Å². The first-order chi connectivity index (χ1) is 8.15. The van der Waals surface area contributed by atoms with Gasteiger partial charge < -0.3 is 0 Å². The Labute approximate surface area is 104 Å². The molecule has 0 atom stereocenters. The van der Waals surface area contributed by atoms with E-state index in [1.165, 1.54) is 11.3 Å². The molecule has 3 aromatic heterocycles. The van der Waals surface area contributed by atoms with Crippen molar-refractivity contribution in [1.29, 1.82) is 0 Å². The molecule has 4 heteroatoms. The summed E-state index contributed by atoms with van der Waals surface area (Å²) in [4.78, 5) is 8.98. The molecule has 0 fully saturated rings. The highest BCUT2D eigenvalue weighted by Gasteiger charge is 2.10. The second-order valence-electron chi connectivity index (χ2n) is 4.26. The van der Waals surface area contributed by atoms with Crippen LogP contribution in [0.4, 0.5) is 0 Å². The predicted molar refractivity (Wildman–Crippen MR) is 70.5 cm³/mol. The van der Waals surface area contributed by atoms with E-state index in [2.05, 4.69) is 45.7 Å². The van der Waals surface area contributed by atoms with Crippen LogP contribution in [-0.4, -0.2) is 14.4 Å². The summed E-state index contributed by atoms with van der Waals surface area (Å²) in [6.45, 7) is 6.22. The molecule has 86 valence electrons. The number of hydrogen-bond acceptors (Lipinski definition) is 3. The minimum absolute atomic E-state index is 0.989. The van der Waals surface area contributed by atoms with Gasteiger partial charge in [-0.2, -0.15) is 0 Å². The van der Waals surface area contributed by atoms with Crippen LogP contribution >= 0.6 is 11.3 Å². The molecule has 0 aromatic carbocycles. The normalized spacial score (nSPS) is 11.2. The van der Waals surface area contributed by atoms with Crippen molar-refractivity contribution in [2.75, 3.05) is 0 Å². The zero-order chi connectivity index (χ0) is 12.0. The van der Waals surface area contributed by atoms with Gasteiger partial charge in [0.25, 0.3) is 0 Å². The molecule has 0 unspecified atom stereocenters. The molecule has 3 aromatic rings. The van der Waals surface area contributed by atoms with E-state index >= 15 is 0 Å². The Bertz CT molecular complexity index is 694. The quantitative estimate of drug-likeness (QED) is 0.656. The summed E-state index contributed by atoms with van der Waals surface area (Å²) in [7, 11) is 0. The average molecular weight is 243 g/mol. The molecule has 17 heavy (non-hydrogen) atoms. The van der Waals surface area contributed by atoms with Crippen LogP contribution in [0.15, 0.2) is 23.7 Å². The van der Waals surface area contributed by atoms with Crippen LogP contribution in [0.5, 0.6) is 0 Å². The summed E-state index contributed by atoms with van der Waals surface area (Å²) in [5, 5.41) is 3.16.